The van der Waals surface area contributed by atoms with Crippen LogP contribution >= 0.6 is 0 Å². The molecule has 1 aliphatic heterocycles. The van der Waals surface area contributed by atoms with Crippen LogP contribution in [0.1, 0.15) is 24.4 Å². The van der Waals surface area contributed by atoms with Gasteiger partial charge in [-0.2, -0.15) is 9.40 Å². The van der Waals surface area contributed by atoms with Crippen LogP contribution in [-0.2, 0) is 21.3 Å². The van der Waals surface area contributed by atoms with Gasteiger partial charge in [-0.1, -0.05) is 6.07 Å². The molecule has 1 fully saturated rings. The van der Waals surface area contributed by atoms with Gasteiger partial charge in [-0.15, -0.1) is 0 Å². The molecule has 0 bridgehead atoms. The van der Waals surface area contributed by atoms with Crippen LogP contribution in [0.2, 0.25) is 0 Å². The van der Waals surface area contributed by atoms with Crippen LogP contribution in [0, 0.1) is 6.92 Å². The van der Waals surface area contributed by atoms with Gasteiger partial charge in [-0.3, -0.25) is 4.68 Å². The predicted octanol–water partition coefficient (Wildman–Crippen LogP) is 1.83. The molecular weight excluding hydrogens is 392 g/mol. The van der Waals surface area contributed by atoms with Crippen molar-refractivity contribution in [2.24, 2.45) is 0 Å². The Hall–Kier alpha value is -2.69. The minimum Gasteiger partial charge on any atom is -0.369 e. The molecule has 3 aromatic heterocycles. The normalized spacial score (nSPS) is 18.1. The highest BCUT2D eigenvalue weighted by atomic mass is 32.2. The van der Waals surface area contributed by atoms with Crippen molar-refractivity contribution in [2.45, 2.75) is 31.4 Å². The average Bonchev–Trinajstić information content (AvgIpc) is 3.16. The molecule has 0 N–H and O–H groups in total. The summed E-state index contributed by atoms with van der Waals surface area (Å²) in [5.74, 6) is 0. The number of rotatable bonds is 5. The quantitative estimate of drug-likeness (QED) is 0.627. The van der Waals surface area contributed by atoms with Crippen molar-refractivity contribution >= 4 is 10.0 Å². The van der Waals surface area contributed by atoms with Crippen molar-refractivity contribution < 1.29 is 13.2 Å². The largest absolute Gasteiger partial charge is 0.369 e. The molecule has 0 unspecified atom stereocenters. The second kappa shape index (κ2) is 7.97. The van der Waals surface area contributed by atoms with Crippen molar-refractivity contribution in [3.05, 3.63) is 54.5 Å². The molecular formula is C19H22N6O3S. The lowest BCUT2D eigenvalue weighted by atomic mass is 10.1. The second-order valence-electron chi connectivity index (χ2n) is 6.73. The maximum Gasteiger partial charge on any atom is 0.246 e. The Bertz CT molecular complexity index is 1100. The fourth-order valence-electron chi connectivity index (χ4n) is 3.30. The second-order valence-corrected chi connectivity index (χ2v) is 8.64. The van der Waals surface area contributed by atoms with Gasteiger partial charge in [0.05, 0.1) is 23.7 Å². The predicted molar refractivity (Wildman–Crippen MR) is 105 cm³/mol. The maximum atomic E-state index is 13.2. The fraction of sp³-hybridized carbons (Fsp3) is 0.368. The van der Waals surface area contributed by atoms with Crippen molar-refractivity contribution in [3.63, 3.8) is 0 Å². The number of sulfonamides is 1. The first-order chi connectivity index (χ1) is 14.0. The van der Waals surface area contributed by atoms with Crippen LogP contribution in [0.5, 0.6) is 0 Å². The van der Waals surface area contributed by atoms with Crippen molar-refractivity contribution in [1.29, 1.82) is 0 Å². The first kappa shape index (κ1) is 19.6. The van der Waals surface area contributed by atoms with Crippen LogP contribution < -0.4 is 0 Å². The monoisotopic (exact) mass is 414 g/mol. The molecule has 4 rings (SSSR count). The molecule has 0 radical (unpaired) electrons. The number of hydrogen-bond acceptors (Lipinski definition) is 7. The zero-order valence-electron chi connectivity index (χ0n) is 16.3. The molecule has 1 aliphatic rings. The zero-order valence-corrected chi connectivity index (χ0v) is 17.1. The Labute approximate surface area is 169 Å². The van der Waals surface area contributed by atoms with Gasteiger partial charge in [0.2, 0.25) is 10.0 Å². The summed E-state index contributed by atoms with van der Waals surface area (Å²) in [6, 6.07) is 5.58. The highest BCUT2D eigenvalue weighted by Crippen LogP contribution is 2.28. The van der Waals surface area contributed by atoms with Gasteiger partial charge in [0.1, 0.15) is 17.3 Å². The summed E-state index contributed by atoms with van der Waals surface area (Å²) in [5.41, 5.74) is 2.68. The average molecular weight is 414 g/mol. The van der Waals surface area contributed by atoms with Gasteiger partial charge in [0.15, 0.2) is 0 Å². The van der Waals surface area contributed by atoms with E-state index in [-0.39, 0.29) is 11.4 Å². The number of nitrogens with zero attached hydrogens (tertiary/aromatic N) is 6. The molecule has 0 spiro atoms. The van der Waals surface area contributed by atoms with E-state index in [2.05, 4.69) is 20.1 Å². The minimum absolute atomic E-state index is 0.195. The lowest BCUT2D eigenvalue weighted by Gasteiger charge is -2.31. The summed E-state index contributed by atoms with van der Waals surface area (Å²) in [6.45, 7) is 5.03. The molecule has 9 nitrogen and oxygen atoms in total. The summed E-state index contributed by atoms with van der Waals surface area (Å²) < 4.78 is 35.3. The van der Waals surface area contributed by atoms with Gasteiger partial charge in [0, 0.05) is 43.8 Å². The van der Waals surface area contributed by atoms with Crippen molar-refractivity contribution in [3.8, 4) is 11.3 Å². The van der Waals surface area contributed by atoms with Gasteiger partial charge in [-0.05, 0) is 26.0 Å². The molecule has 1 atom stereocenters. The summed E-state index contributed by atoms with van der Waals surface area (Å²) in [4.78, 5) is 12.9. The molecule has 0 saturated carbocycles. The lowest BCUT2D eigenvalue weighted by molar-refractivity contribution is -0.00488. The van der Waals surface area contributed by atoms with E-state index in [0.29, 0.717) is 36.8 Å². The molecule has 29 heavy (non-hydrogen) atoms. The van der Waals surface area contributed by atoms with Gasteiger partial charge >= 0.3 is 0 Å². The number of hydrogen-bond donors (Lipinski definition) is 0. The van der Waals surface area contributed by atoms with Crippen molar-refractivity contribution in [1.82, 2.24) is 29.0 Å². The standard InChI is InChI=1S/C19H22N6O3S/c1-3-24-12-19(14(2)23-24)29(26,27)25-7-8-28-18(11-25)17-6-4-5-16(22-17)15-9-20-13-21-10-15/h4-6,9-10,12-13,18H,3,7-8,11H2,1-2H3/t18-/m0/s1. The molecule has 0 amide bonds. The Morgan fingerprint density at radius 2 is 2.03 bits per heavy atom. The van der Waals surface area contributed by atoms with E-state index in [4.69, 9.17) is 4.74 Å². The van der Waals surface area contributed by atoms with E-state index >= 15 is 0 Å². The number of morpholine rings is 1. The number of pyridine rings is 1. The zero-order chi connectivity index (χ0) is 20.4. The number of ether oxygens (including phenoxy) is 1. The molecule has 0 aliphatic carbocycles. The molecule has 0 aromatic carbocycles. The van der Waals surface area contributed by atoms with Crippen LogP contribution in [0.15, 0.2) is 48.0 Å². The molecule has 1 saturated heterocycles. The Balaban J connectivity index is 1.59. The van der Waals surface area contributed by atoms with E-state index in [0.717, 1.165) is 5.56 Å². The van der Waals surface area contributed by atoms with Crippen molar-refractivity contribution in [2.75, 3.05) is 19.7 Å². The van der Waals surface area contributed by atoms with E-state index in [1.165, 1.54) is 10.6 Å². The maximum absolute atomic E-state index is 13.2. The third-order valence-electron chi connectivity index (χ3n) is 4.83. The highest BCUT2D eigenvalue weighted by Gasteiger charge is 2.34. The molecule has 152 valence electrons. The first-order valence-electron chi connectivity index (χ1n) is 9.37. The smallest absolute Gasteiger partial charge is 0.246 e. The Morgan fingerprint density at radius 3 is 2.76 bits per heavy atom. The van der Waals surface area contributed by atoms with E-state index in [9.17, 15) is 8.42 Å². The van der Waals surface area contributed by atoms with Gasteiger partial charge in [-0.25, -0.2) is 23.4 Å². The number of aryl methyl sites for hydroxylation is 2. The summed E-state index contributed by atoms with van der Waals surface area (Å²) in [5, 5.41) is 4.27. The molecule has 3 aromatic rings. The van der Waals surface area contributed by atoms with Crippen LogP contribution in [-0.4, -0.2) is 57.2 Å². The van der Waals surface area contributed by atoms with Crippen LogP contribution in [0.3, 0.4) is 0 Å². The van der Waals surface area contributed by atoms with E-state index < -0.39 is 16.1 Å². The molecule has 10 heteroatoms. The first-order valence-corrected chi connectivity index (χ1v) is 10.8. The minimum atomic E-state index is -3.66. The van der Waals surface area contributed by atoms with Gasteiger partial charge in [0.25, 0.3) is 0 Å². The SMILES string of the molecule is CCn1cc(S(=O)(=O)N2CCO[C@H](c3cccc(-c4cncnc4)n3)C2)c(C)n1. The Morgan fingerprint density at radius 1 is 1.24 bits per heavy atom. The lowest BCUT2D eigenvalue weighted by Crippen LogP contribution is -2.42. The van der Waals surface area contributed by atoms with Crippen LogP contribution in [0.25, 0.3) is 11.3 Å². The Kier molecular flexibility index (Phi) is 5.39. The number of aromatic nitrogens is 5. The van der Waals surface area contributed by atoms with Gasteiger partial charge < -0.3 is 4.74 Å². The highest BCUT2D eigenvalue weighted by molar-refractivity contribution is 7.89. The van der Waals surface area contributed by atoms with Crippen LogP contribution in [0.4, 0.5) is 0 Å². The summed E-state index contributed by atoms with van der Waals surface area (Å²) in [6.07, 6.45) is 5.97. The summed E-state index contributed by atoms with van der Waals surface area (Å²) in [7, 11) is -3.66. The third kappa shape index (κ3) is 3.91. The van der Waals surface area contributed by atoms with E-state index in [1.807, 2.05) is 25.1 Å². The van der Waals surface area contributed by atoms with E-state index in [1.54, 1.807) is 30.2 Å². The summed E-state index contributed by atoms with van der Waals surface area (Å²) >= 11 is 0. The molecule has 4 heterocycles. The third-order valence-corrected chi connectivity index (χ3v) is 6.80. The fourth-order valence-corrected chi connectivity index (χ4v) is 4.89. The topological polar surface area (TPSA) is 103 Å².